The van der Waals surface area contributed by atoms with Crippen LogP contribution in [-0.4, -0.2) is 23.1 Å². The molecule has 0 unspecified atom stereocenters. The molecule has 0 radical (unpaired) electrons. The third-order valence-corrected chi connectivity index (χ3v) is 4.36. The van der Waals surface area contributed by atoms with Gasteiger partial charge in [-0.15, -0.1) is 11.3 Å². The molecule has 102 valence electrons. The van der Waals surface area contributed by atoms with Crippen molar-refractivity contribution in [1.29, 1.82) is 0 Å². The van der Waals surface area contributed by atoms with Crippen molar-refractivity contribution in [2.45, 2.75) is 32.6 Å². The van der Waals surface area contributed by atoms with Gasteiger partial charge >= 0.3 is 0 Å². The zero-order chi connectivity index (χ0) is 13.1. The van der Waals surface area contributed by atoms with Crippen molar-refractivity contribution in [3.05, 3.63) is 11.4 Å². The minimum absolute atomic E-state index is 0.666. The Morgan fingerprint density at radius 3 is 3.00 bits per heavy atom. The van der Waals surface area contributed by atoms with Crippen molar-refractivity contribution in [3.8, 4) is 5.88 Å². The minimum atomic E-state index is 0.666. The highest BCUT2D eigenvalue weighted by Gasteiger charge is 2.17. The maximum atomic E-state index is 5.96. The summed E-state index contributed by atoms with van der Waals surface area (Å²) in [6, 6.07) is 2.04. The lowest BCUT2D eigenvalue weighted by molar-refractivity contribution is 0.246. The summed E-state index contributed by atoms with van der Waals surface area (Å²) in [5, 5.41) is 6.23. The van der Waals surface area contributed by atoms with Crippen molar-refractivity contribution in [2.24, 2.45) is 5.92 Å². The fourth-order valence-electron chi connectivity index (χ4n) is 2.55. The predicted octanol–water partition coefficient (Wildman–Crippen LogP) is 3.69. The van der Waals surface area contributed by atoms with Gasteiger partial charge in [0.2, 0.25) is 11.8 Å². The first-order chi connectivity index (χ1) is 9.36. The number of thiophene rings is 1. The smallest absolute Gasteiger partial charge is 0.227 e. The molecule has 0 atom stereocenters. The molecule has 4 nitrogen and oxygen atoms in total. The van der Waals surface area contributed by atoms with Gasteiger partial charge in [-0.1, -0.05) is 12.8 Å². The highest BCUT2D eigenvalue weighted by molar-refractivity contribution is 7.16. The number of hydrogen-bond donors (Lipinski definition) is 1. The monoisotopic (exact) mass is 277 g/mol. The Morgan fingerprint density at radius 1 is 1.37 bits per heavy atom. The largest absolute Gasteiger partial charge is 0.477 e. The molecule has 1 aliphatic carbocycles. The van der Waals surface area contributed by atoms with Gasteiger partial charge in [0.25, 0.3) is 0 Å². The van der Waals surface area contributed by atoms with Crippen LogP contribution in [-0.2, 0) is 0 Å². The maximum Gasteiger partial charge on any atom is 0.227 e. The summed E-state index contributed by atoms with van der Waals surface area (Å²) in [5.74, 6) is 2.10. The van der Waals surface area contributed by atoms with Crippen LogP contribution in [0.5, 0.6) is 5.88 Å². The molecule has 1 fully saturated rings. The Bertz CT molecular complexity index is 549. The SMILES string of the molecule is CCNc1nc(OCC2CCCC2)c2ccsc2n1. The molecule has 1 aliphatic rings. The molecule has 0 bridgehead atoms. The highest BCUT2D eigenvalue weighted by Crippen LogP contribution is 2.30. The maximum absolute atomic E-state index is 5.96. The number of ether oxygens (including phenoxy) is 1. The molecule has 0 aromatic carbocycles. The molecule has 1 N–H and O–H groups in total. The Labute approximate surface area is 117 Å². The van der Waals surface area contributed by atoms with Crippen LogP contribution in [0.4, 0.5) is 5.95 Å². The van der Waals surface area contributed by atoms with E-state index in [0.717, 1.165) is 29.2 Å². The molecule has 2 heterocycles. The number of nitrogens with zero attached hydrogens (tertiary/aromatic N) is 2. The summed E-state index contributed by atoms with van der Waals surface area (Å²) in [6.45, 7) is 3.65. The number of aromatic nitrogens is 2. The van der Waals surface area contributed by atoms with Crippen LogP contribution in [0, 0.1) is 5.92 Å². The Kier molecular flexibility index (Phi) is 3.82. The van der Waals surface area contributed by atoms with Gasteiger partial charge < -0.3 is 10.1 Å². The Morgan fingerprint density at radius 2 is 2.21 bits per heavy atom. The summed E-state index contributed by atoms with van der Waals surface area (Å²) < 4.78 is 5.96. The summed E-state index contributed by atoms with van der Waals surface area (Å²) in [7, 11) is 0. The van der Waals surface area contributed by atoms with E-state index in [4.69, 9.17) is 4.74 Å². The average Bonchev–Trinajstić information content (AvgIpc) is 3.07. The van der Waals surface area contributed by atoms with E-state index in [2.05, 4.69) is 15.3 Å². The number of anilines is 1. The molecular formula is C14H19N3OS. The van der Waals surface area contributed by atoms with E-state index >= 15 is 0 Å². The van der Waals surface area contributed by atoms with Gasteiger partial charge in [-0.2, -0.15) is 4.98 Å². The molecular weight excluding hydrogens is 258 g/mol. The van der Waals surface area contributed by atoms with Crippen molar-refractivity contribution >= 4 is 27.5 Å². The molecule has 0 saturated heterocycles. The average molecular weight is 277 g/mol. The molecule has 2 aromatic heterocycles. The number of fused-ring (bicyclic) bond motifs is 1. The zero-order valence-corrected chi connectivity index (χ0v) is 12.0. The molecule has 1 saturated carbocycles. The number of hydrogen-bond acceptors (Lipinski definition) is 5. The summed E-state index contributed by atoms with van der Waals surface area (Å²) in [6.07, 6.45) is 5.26. The van der Waals surface area contributed by atoms with Gasteiger partial charge in [-0.25, -0.2) is 4.98 Å². The second-order valence-corrected chi connectivity index (χ2v) is 5.88. The molecule has 3 rings (SSSR count). The standard InChI is InChI=1S/C14H19N3OS/c1-2-15-14-16-12(11-7-8-19-13(11)17-14)18-9-10-5-3-4-6-10/h7-8,10H,2-6,9H2,1H3,(H,15,16,17). The Hall–Kier alpha value is -1.36. The van der Waals surface area contributed by atoms with Gasteiger partial charge in [-0.05, 0) is 37.1 Å². The lowest BCUT2D eigenvalue weighted by atomic mass is 10.1. The number of rotatable bonds is 5. The van der Waals surface area contributed by atoms with Crippen molar-refractivity contribution in [2.75, 3.05) is 18.5 Å². The van der Waals surface area contributed by atoms with Crippen LogP contribution >= 0.6 is 11.3 Å². The topological polar surface area (TPSA) is 47.0 Å². The highest BCUT2D eigenvalue weighted by atomic mass is 32.1. The lowest BCUT2D eigenvalue weighted by Crippen LogP contribution is -2.10. The molecule has 19 heavy (non-hydrogen) atoms. The first-order valence-electron chi connectivity index (χ1n) is 6.98. The molecule has 0 aliphatic heterocycles. The van der Waals surface area contributed by atoms with E-state index in [1.165, 1.54) is 25.7 Å². The van der Waals surface area contributed by atoms with Crippen molar-refractivity contribution in [3.63, 3.8) is 0 Å². The van der Waals surface area contributed by atoms with E-state index < -0.39 is 0 Å². The summed E-state index contributed by atoms with van der Waals surface area (Å²) >= 11 is 1.63. The van der Waals surface area contributed by atoms with Gasteiger partial charge in [-0.3, -0.25) is 0 Å². The number of nitrogens with one attached hydrogen (secondary N) is 1. The molecule has 0 spiro atoms. The van der Waals surface area contributed by atoms with Crippen LogP contribution < -0.4 is 10.1 Å². The Balaban J connectivity index is 1.80. The second kappa shape index (κ2) is 5.74. The van der Waals surface area contributed by atoms with Crippen LogP contribution in [0.1, 0.15) is 32.6 Å². The van der Waals surface area contributed by atoms with Crippen LogP contribution in [0.25, 0.3) is 10.2 Å². The third kappa shape index (κ3) is 2.81. The molecule has 2 aromatic rings. The zero-order valence-electron chi connectivity index (χ0n) is 11.2. The van der Waals surface area contributed by atoms with Crippen LogP contribution in [0.15, 0.2) is 11.4 Å². The second-order valence-electron chi connectivity index (χ2n) is 4.98. The molecule has 0 amide bonds. The fraction of sp³-hybridized carbons (Fsp3) is 0.571. The fourth-order valence-corrected chi connectivity index (χ4v) is 3.30. The predicted molar refractivity (Wildman–Crippen MR) is 79.0 cm³/mol. The quantitative estimate of drug-likeness (QED) is 0.905. The van der Waals surface area contributed by atoms with E-state index in [0.29, 0.717) is 11.9 Å². The van der Waals surface area contributed by atoms with Crippen LogP contribution in [0.2, 0.25) is 0 Å². The third-order valence-electron chi connectivity index (χ3n) is 3.56. The van der Waals surface area contributed by atoms with Gasteiger partial charge in [0, 0.05) is 6.54 Å². The van der Waals surface area contributed by atoms with Crippen molar-refractivity contribution in [1.82, 2.24) is 9.97 Å². The van der Waals surface area contributed by atoms with E-state index in [1.54, 1.807) is 11.3 Å². The van der Waals surface area contributed by atoms with E-state index in [-0.39, 0.29) is 0 Å². The summed E-state index contributed by atoms with van der Waals surface area (Å²) in [5.41, 5.74) is 0. The first-order valence-corrected chi connectivity index (χ1v) is 7.86. The molecule has 5 heteroatoms. The summed E-state index contributed by atoms with van der Waals surface area (Å²) in [4.78, 5) is 9.96. The van der Waals surface area contributed by atoms with Gasteiger partial charge in [0.15, 0.2) is 0 Å². The van der Waals surface area contributed by atoms with Crippen LogP contribution in [0.3, 0.4) is 0 Å². The first kappa shape index (κ1) is 12.7. The normalized spacial score (nSPS) is 16.1. The van der Waals surface area contributed by atoms with Gasteiger partial charge in [0.05, 0.1) is 12.0 Å². The van der Waals surface area contributed by atoms with E-state index in [9.17, 15) is 0 Å². The minimum Gasteiger partial charge on any atom is -0.477 e. The van der Waals surface area contributed by atoms with E-state index in [1.807, 2.05) is 18.4 Å². The van der Waals surface area contributed by atoms with Crippen molar-refractivity contribution < 1.29 is 4.74 Å². The lowest BCUT2D eigenvalue weighted by Gasteiger charge is -2.12. The van der Waals surface area contributed by atoms with Gasteiger partial charge in [0.1, 0.15) is 4.83 Å².